The van der Waals surface area contributed by atoms with Gasteiger partial charge < -0.3 is 20.3 Å². The highest BCUT2D eigenvalue weighted by atomic mass is 19.1. The molecular formula is C27H29FN4O4. The highest BCUT2D eigenvalue weighted by Crippen LogP contribution is 2.25. The van der Waals surface area contributed by atoms with Crippen LogP contribution in [-0.2, 0) is 11.3 Å². The average Bonchev–Trinajstić information content (AvgIpc) is 2.76. The number of aromatic amines is 1. The lowest BCUT2D eigenvalue weighted by atomic mass is 9.86. The third-order valence-electron chi connectivity index (χ3n) is 5.88. The van der Waals surface area contributed by atoms with Gasteiger partial charge in [0.05, 0.1) is 23.0 Å². The molecule has 1 atom stereocenters. The van der Waals surface area contributed by atoms with Crippen molar-refractivity contribution in [3.05, 3.63) is 69.0 Å². The number of carbonyl (C=O) groups excluding carboxylic acids is 1. The van der Waals surface area contributed by atoms with Crippen molar-refractivity contribution in [3.8, 4) is 12.3 Å². The zero-order valence-corrected chi connectivity index (χ0v) is 20.9. The molecular weight excluding hydrogens is 463 g/mol. The van der Waals surface area contributed by atoms with Crippen LogP contribution in [0.2, 0.25) is 0 Å². The number of hydrogen-bond acceptors (Lipinski definition) is 5. The molecule has 2 aromatic carbocycles. The van der Waals surface area contributed by atoms with Gasteiger partial charge in [-0.05, 0) is 60.7 Å². The number of aliphatic carboxylic acids is 1. The lowest BCUT2D eigenvalue weighted by molar-refractivity contribution is -0.142. The Balaban J connectivity index is 1.91. The summed E-state index contributed by atoms with van der Waals surface area (Å²) >= 11 is 0. The van der Waals surface area contributed by atoms with Crippen molar-refractivity contribution in [1.29, 1.82) is 0 Å². The fourth-order valence-corrected chi connectivity index (χ4v) is 3.92. The molecule has 0 aliphatic rings. The first-order valence-corrected chi connectivity index (χ1v) is 11.3. The first-order chi connectivity index (χ1) is 16.8. The molecule has 1 aromatic heterocycles. The summed E-state index contributed by atoms with van der Waals surface area (Å²) in [6, 6.07) is 6.41. The van der Waals surface area contributed by atoms with Crippen LogP contribution in [-0.4, -0.2) is 39.5 Å². The highest BCUT2D eigenvalue weighted by Gasteiger charge is 2.33. The third kappa shape index (κ3) is 5.71. The average molecular weight is 493 g/mol. The van der Waals surface area contributed by atoms with Gasteiger partial charge in [-0.3, -0.25) is 9.59 Å². The fourth-order valence-electron chi connectivity index (χ4n) is 3.92. The molecule has 0 radical (unpaired) electrons. The molecule has 0 bridgehead atoms. The van der Waals surface area contributed by atoms with Crippen molar-refractivity contribution in [1.82, 2.24) is 15.3 Å². The van der Waals surface area contributed by atoms with Gasteiger partial charge in [-0.2, -0.15) is 0 Å². The Bertz CT molecular complexity index is 1430. The molecule has 3 N–H and O–H groups in total. The number of benzene rings is 2. The number of carboxylic acid groups (broad SMARTS) is 1. The van der Waals surface area contributed by atoms with E-state index >= 15 is 4.39 Å². The van der Waals surface area contributed by atoms with Crippen molar-refractivity contribution in [2.24, 2.45) is 5.41 Å². The van der Waals surface area contributed by atoms with E-state index in [1.165, 1.54) is 12.1 Å². The van der Waals surface area contributed by atoms with E-state index in [-0.39, 0.29) is 24.2 Å². The summed E-state index contributed by atoms with van der Waals surface area (Å²) in [7, 11) is 0. The van der Waals surface area contributed by atoms with Crippen LogP contribution in [0.15, 0.2) is 35.1 Å². The molecule has 3 aromatic rings. The number of H-pyrrole nitrogens is 1. The normalized spacial score (nSPS) is 12.1. The number of aromatic nitrogens is 2. The number of halogens is 1. The fraction of sp³-hybridized carbons (Fsp3) is 0.333. The number of hydrogen-bond donors (Lipinski definition) is 3. The number of anilines is 1. The van der Waals surface area contributed by atoms with Crippen molar-refractivity contribution < 1.29 is 19.1 Å². The summed E-state index contributed by atoms with van der Waals surface area (Å²) in [4.78, 5) is 45.4. The van der Waals surface area contributed by atoms with Crippen LogP contribution in [0.5, 0.6) is 0 Å². The molecule has 0 saturated heterocycles. The second-order valence-electron chi connectivity index (χ2n) is 9.78. The first kappa shape index (κ1) is 26.4. The standard InChI is InChI=1S/C27H29FN4O4/c1-7-10-32(14-17-12-20-22(11-15(17)2)29-16(3)30-25(20)34)18-8-9-19(21(28)13-18)24(33)31-23(26(35)36)27(4,5)6/h1,8-9,11-13,23H,10,14H2,2-6H3,(H,31,33)(H,35,36)(H,29,30,34)/t23-/m0/s1. The largest absolute Gasteiger partial charge is 0.480 e. The monoisotopic (exact) mass is 492 g/mol. The van der Waals surface area contributed by atoms with Crippen molar-refractivity contribution in [2.75, 3.05) is 11.4 Å². The molecule has 1 heterocycles. The molecule has 0 spiro atoms. The topological polar surface area (TPSA) is 115 Å². The van der Waals surface area contributed by atoms with Gasteiger partial charge in [-0.25, -0.2) is 14.2 Å². The Morgan fingerprint density at radius 2 is 1.94 bits per heavy atom. The summed E-state index contributed by atoms with van der Waals surface area (Å²) in [5.74, 6) is 0.235. The van der Waals surface area contributed by atoms with Gasteiger partial charge in [0.2, 0.25) is 0 Å². The molecule has 1 amide bonds. The molecule has 0 saturated carbocycles. The lowest BCUT2D eigenvalue weighted by Crippen LogP contribution is -2.49. The van der Waals surface area contributed by atoms with Crippen LogP contribution in [0.4, 0.5) is 10.1 Å². The maximum absolute atomic E-state index is 15.0. The summed E-state index contributed by atoms with van der Waals surface area (Å²) in [6.07, 6.45) is 5.56. The smallest absolute Gasteiger partial charge is 0.326 e. The van der Waals surface area contributed by atoms with E-state index in [9.17, 15) is 19.5 Å². The van der Waals surface area contributed by atoms with Gasteiger partial charge in [0.25, 0.3) is 11.5 Å². The third-order valence-corrected chi connectivity index (χ3v) is 5.88. The van der Waals surface area contributed by atoms with Gasteiger partial charge in [-0.1, -0.05) is 26.7 Å². The SMILES string of the molecule is C#CCN(Cc1cc2c(=O)[nH]c(C)nc2cc1C)c1ccc(C(=O)N[C@@H](C(=O)O)C(C)(C)C)c(F)c1. The molecule has 188 valence electrons. The van der Waals surface area contributed by atoms with Crippen LogP contribution >= 0.6 is 0 Å². The minimum atomic E-state index is -1.21. The lowest BCUT2D eigenvalue weighted by Gasteiger charge is -2.28. The second-order valence-corrected chi connectivity index (χ2v) is 9.78. The maximum Gasteiger partial charge on any atom is 0.326 e. The van der Waals surface area contributed by atoms with Gasteiger partial charge in [-0.15, -0.1) is 6.42 Å². The molecule has 9 heteroatoms. The predicted octanol–water partition coefficient (Wildman–Crippen LogP) is 3.55. The Hall–Kier alpha value is -4.19. The number of aryl methyl sites for hydroxylation is 2. The minimum Gasteiger partial charge on any atom is -0.480 e. The van der Waals surface area contributed by atoms with E-state index in [0.717, 1.165) is 11.1 Å². The number of rotatable bonds is 7. The molecule has 3 rings (SSSR count). The van der Waals surface area contributed by atoms with Gasteiger partial charge in [0, 0.05) is 12.2 Å². The van der Waals surface area contributed by atoms with Crippen LogP contribution in [0.3, 0.4) is 0 Å². The summed E-state index contributed by atoms with van der Waals surface area (Å²) in [6.45, 7) is 9.05. The number of carbonyl (C=O) groups is 2. The number of terminal acetylenes is 1. The Morgan fingerprint density at radius 1 is 1.25 bits per heavy atom. The van der Waals surface area contributed by atoms with E-state index in [2.05, 4.69) is 21.2 Å². The molecule has 0 fully saturated rings. The van der Waals surface area contributed by atoms with Crippen LogP contribution in [0.25, 0.3) is 10.9 Å². The van der Waals surface area contributed by atoms with Gasteiger partial charge >= 0.3 is 5.97 Å². The molecule has 36 heavy (non-hydrogen) atoms. The predicted molar refractivity (Wildman–Crippen MR) is 136 cm³/mol. The molecule has 0 aliphatic carbocycles. The minimum absolute atomic E-state index is 0.149. The van der Waals surface area contributed by atoms with Crippen molar-refractivity contribution >= 4 is 28.5 Å². The van der Waals surface area contributed by atoms with Gasteiger partial charge in [0.1, 0.15) is 17.7 Å². The Kier molecular flexibility index (Phi) is 7.48. The summed E-state index contributed by atoms with van der Waals surface area (Å²) in [5.41, 5.74) is 1.42. The maximum atomic E-state index is 15.0. The number of fused-ring (bicyclic) bond motifs is 1. The summed E-state index contributed by atoms with van der Waals surface area (Å²) < 4.78 is 15.0. The van der Waals surface area contributed by atoms with Crippen LogP contribution in [0, 0.1) is 37.4 Å². The van der Waals surface area contributed by atoms with Gasteiger partial charge in [0.15, 0.2) is 0 Å². The second kappa shape index (κ2) is 10.2. The van der Waals surface area contributed by atoms with E-state index in [0.29, 0.717) is 22.4 Å². The molecule has 8 nitrogen and oxygen atoms in total. The quantitative estimate of drug-likeness (QED) is 0.435. The Morgan fingerprint density at radius 3 is 2.53 bits per heavy atom. The zero-order chi connectivity index (χ0) is 26.8. The highest BCUT2D eigenvalue weighted by molar-refractivity contribution is 5.97. The van der Waals surface area contributed by atoms with E-state index in [1.54, 1.807) is 44.7 Å². The molecule has 0 unspecified atom stereocenters. The van der Waals surface area contributed by atoms with Crippen LogP contribution < -0.4 is 15.8 Å². The zero-order valence-electron chi connectivity index (χ0n) is 20.9. The van der Waals surface area contributed by atoms with Crippen molar-refractivity contribution in [3.63, 3.8) is 0 Å². The molecule has 0 aliphatic heterocycles. The van der Waals surface area contributed by atoms with E-state index < -0.39 is 29.2 Å². The number of nitrogens with zero attached hydrogens (tertiary/aromatic N) is 2. The first-order valence-electron chi connectivity index (χ1n) is 11.3. The Labute approximate surface area is 208 Å². The number of carboxylic acids is 1. The van der Waals surface area contributed by atoms with E-state index in [1.807, 2.05) is 13.0 Å². The van der Waals surface area contributed by atoms with E-state index in [4.69, 9.17) is 6.42 Å². The summed E-state index contributed by atoms with van der Waals surface area (Å²) in [5, 5.41) is 12.3. The van der Waals surface area contributed by atoms with Crippen LogP contribution in [0.1, 0.15) is 48.1 Å². The number of nitrogens with one attached hydrogen (secondary N) is 2. The number of amides is 1. The van der Waals surface area contributed by atoms with Crippen molar-refractivity contribution in [2.45, 2.75) is 47.2 Å².